The van der Waals surface area contributed by atoms with Crippen LogP contribution in [-0.2, 0) is 0 Å². The molecule has 2 N–H and O–H groups in total. The number of phenolic OH excluding ortho intramolecular Hbond substituents is 2. The number of anilines is 12. The van der Waals surface area contributed by atoms with E-state index in [1.807, 2.05) is 109 Å². The van der Waals surface area contributed by atoms with Gasteiger partial charge in [0.05, 0.1) is 54.1 Å². The lowest BCUT2D eigenvalue weighted by atomic mass is 10.1. The molecule has 10 rings (SSSR count). The van der Waals surface area contributed by atoms with Crippen LogP contribution < -0.4 is 29.4 Å². The number of para-hydroxylation sites is 8. The molecule has 0 bridgehead atoms. The van der Waals surface area contributed by atoms with Gasteiger partial charge >= 0.3 is 0 Å². The lowest BCUT2D eigenvalue weighted by Gasteiger charge is -2.30. The molecule has 8 aromatic rings. The van der Waals surface area contributed by atoms with Gasteiger partial charge in [-0.15, -0.1) is 0 Å². The Bertz CT molecular complexity index is 2450. The van der Waals surface area contributed by atoms with Crippen LogP contribution in [0.3, 0.4) is 0 Å². The van der Waals surface area contributed by atoms with E-state index in [-0.39, 0.29) is 11.5 Å². The second-order valence-electron chi connectivity index (χ2n) is 14.7. The summed E-state index contributed by atoms with van der Waals surface area (Å²) in [6, 6.07) is 69.5. The minimum Gasteiger partial charge on any atom is -0.506 e. The highest BCUT2D eigenvalue weighted by molar-refractivity contribution is 5.89. The first-order valence-corrected chi connectivity index (χ1v) is 19.8. The number of hydrogen-bond acceptors (Lipinski definition) is 8. The molecule has 8 aromatic carbocycles. The summed E-state index contributed by atoms with van der Waals surface area (Å²) in [6.45, 7) is 1.67. The van der Waals surface area contributed by atoms with Gasteiger partial charge in [0, 0.05) is 46.3 Å². The lowest BCUT2D eigenvalue weighted by molar-refractivity contribution is 0.475. The molecule has 288 valence electrons. The van der Waals surface area contributed by atoms with E-state index >= 15 is 0 Å². The first-order chi connectivity index (χ1) is 29.1. The van der Waals surface area contributed by atoms with Crippen LogP contribution in [-0.4, -0.2) is 30.2 Å². The quantitative estimate of drug-likeness (QED) is 0.143. The highest BCUT2D eigenvalue weighted by atomic mass is 16.3. The van der Waals surface area contributed by atoms with Crippen LogP contribution in [0.2, 0.25) is 0 Å². The summed E-state index contributed by atoms with van der Waals surface area (Å²) < 4.78 is 0. The third kappa shape index (κ3) is 6.66. The number of aromatic hydroxyl groups is 2. The highest BCUT2D eigenvalue weighted by Crippen LogP contribution is 2.49. The largest absolute Gasteiger partial charge is 0.506 e. The molecule has 59 heavy (non-hydrogen) atoms. The molecule has 2 heterocycles. The van der Waals surface area contributed by atoms with Gasteiger partial charge in [0.1, 0.15) is 11.5 Å². The Hall–Kier alpha value is -7.84. The first-order valence-electron chi connectivity index (χ1n) is 19.8. The number of phenols is 2. The zero-order valence-electron chi connectivity index (χ0n) is 32.3. The summed E-state index contributed by atoms with van der Waals surface area (Å²) in [5.41, 5.74) is 11.4. The Morgan fingerprint density at radius 3 is 0.949 bits per heavy atom. The normalized spacial score (nSPS) is 13.0. The molecule has 0 spiro atoms. The molecule has 0 amide bonds. The van der Waals surface area contributed by atoms with Crippen molar-refractivity contribution in [3.63, 3.8) is 0 Å². The van der Waals surface area contributed by atoms with E-state index in [0.717, 1.165) is 68.2 Å². The van der Waals surface area contributed by atoms with Crippen molar-refractivity contribution >= 4 is 68.2 Å². The Morgan fingerprint density at radius 2 is 0.627 bits per heavy atom. The summed E-state index contributed by atoms with van der Waals surface area (Å²) in [5, 5.41) is 23.5. The number of rotatable bonds is 10. The van der Waals surface area contributed by atoms with Gasteiger partial charge in [-0.25, -0.2) is 0 Å². The Kier molecular flexibility index (Phi) is 9.19. The third-order valence-electron chi connectivity index (χ3n) is 11.1. The van der Waals surface area contributed by atoms with E-state index < -0.39 is 0 Å². The van der Waals surface area contributed by atoms with Crippen LogP contribution >= 0.6 is 0 Å². The molecule has 0 aromatic heterocycles. The predicted octanol–water partition coefficient (Wildman–Crippen LogP) is 12.5. The molecule has 0 saturated heterocycles. The molecule has 0 fully saturated rings. The third-order valence-corrected chi connectivity index (χ3v) is 11.1. The summed E-state index contributed by atoms with van der Waals surface area (Å²) in [5.74, 6) is 0.399. The van der Waals surface area contributed by atoms with Gasteiger partial charge < -0.3 is 39.6 Å². The molecule has 2 aliphatic heterocycles. The molecule has 8 heteroatoms. The van der Waals surface area contributed by atoms with Gasteiger partial charge in [0.2, 0.25) is 0 Å². The van der Waals surface area contributed by atoms with E-state index in [0.29, 0.717) is 20.0 Å². The predicted molar refractivity (Wildman–Crippen MR) is 242 cm³/mol. The topological polar surface area (TPSA) is 59.9 Å². The summed E-state index contributed by atoms with van der Waals surface area (Å²) in [4.78, 5) is 13.3. The molecular formula is C51H42N6O2. The first kappa shape index (κ1) is 35.6. The summed E-state index contributed by atoms with van der Waals surface area (Å²) in [7, 11) is 0. The van der Waals surface area contributed by atoms with Crippen molar-refractivity contribution in [1.29, 1.82) is 0 Å². The number of hydrogen-bond donors (Lipinski definition) is 2. The van der Waals surface area contributed by atoms with Gasteiger partial charge in [-0.2, -0.15) is 0 Å². The van der Waals surface area contributed by atoms with Crippen LogP contribution in [0.5, 0.6) is 11.5 Å². The summed E-state index contributed by atoms with van der Waals surface area (Å²) in [6.07, 6.45) is 0. The van der Waals surface area contributed by atoms with Crippen molar-refractivity contribution in [2.75, 3.05) is 49.4 Å². The van der Waals surface area contributed by atoms with Crippen LogP contribution in [0.25, 0.3) is 0 Å². The molecule has 2 aliphatic rings. The average Bonchev–Trinajstić information content (AvgIpc) is 3.83. The number of fused-ring (bicyclic) bond motifs is 2. The van der Waals surface area contributed by atoms with Gasteiger partial charge in [0.25, 0.3) is 0 Å². The van der Waals surface area contributed by atoms with Crippen molar-refractivity contribution < 1.29 is 10.2 Å². The van der Waals surface area contributed by atoms with Crippen molar-refractivity contribution in [2.24, 2.45) is 0 Å². The Labute approximate surface area is 344 Å². The smallest absolute Gasteiger partial charge is 0.141 e. The van der Waals surface area contributed by atoms with E-state index in [9.17, 15) is 10.2 Å². The maximum Gasteiger partial charge on any atom is 0.141 e. The second-order valence-corrected chi connectivity index (χ2v) is 14.7. The van der Waals surface area contributed by atoms with E-state index in [2.05, 4.69) is 126 Å². The van der Waals surface area contributed by atoms with Gasteiger partial charge in [-0.3, -0.25) is 0 Å². The van der Waals surface area contributed by atoms with Crippen molar-refractivity contribution in [1.82, 2.24) is 0 Å². The fourth-order valence-corrected chi connectivity index (χ4v) is 8.39. The average molecular weight is 771 g/mol. The van der Waals surface area contributed by atoms with Crippen LogP contribution in [0, 0.1) is 0 Å². The molecule has 8 nitrogen and oxygen atoms in total. The van der Waals surface area contributed by atoms with Crippen molar-refractivity contribution in [3.05, 3.63) is 206 Å². The zero-order valence-corrected chi connectivity index (χ0v) is 32.3. The molecule has 0 unspecified atom stereocenters. The maximum atomic E-state index is 11.8. The standard InChI is InChI=1S/C51H42N6O2/c58-50-33-42(56(38-17-5-1-6-18-38)39-19-7-2-8-20-39)29-31-48(50)54-36-52(44-25-13-15-27-46(44)54)35-53-37-55(47-28-16-14-26-45(47)53)49-32-30-43(34-51(49)59)57(40-21-9-3-10-22-40)41-23-11-4-12-24-41/h1-34,58-59H,35-37H2. The minimum absolute atomic E-state index is 0.200. The fourth-order valence-electron chi connectivity index (χ4n) is 8.39. The van der Waals surface area contributed by atoms with E-state index in [1.54, 1.807) is 0 Å². The monoisotopic (exact) mass is 770 g/mol. The molecule has 0 aliphatic carbocycles. The molecule has 0 atom stereocenters. The van der Waals surface area contributed by atoms with Gasteiger partial charge in [0.15, 0.2) is 0 Å². The lowest BCUT2D eigenvalue weighted by Crippen LogP contribution is -2.40. The van der Waals surface area contributed by atoms with Crippen LogP contribution in [0.1, 0.15) is 0 Å². The van der Waals surface area contributed by atoms with Gasteiger partial charge in [-0.1, -0.05) is 97.1 Å². The van der Waals surface area contributed by atoms with E-state index in [4.69, 9.17) is 0 Å². The zero-order chi connectivity index (χ0) is 39.7. The molecular weight excluding hydrogens is 729 g/mol. The maximum absolute atomic E-state index is 11.8. The van der Waals surface area contributed by atoms with Gasteiger partial charge in [-0.05, 0) is 97.1 Å². The summed E-state index contributed by atoms with van der Waals surface area (Å²) >= 11 is 0. The Morgan fingerprint density at radius 1 is 0.322 bits per heavy atom. The highest BCUT2D eigenvalue weighted by Gasteiger charge is 2.34. The SMILES string of the molecule is Oc1cc(N(c2ccccc2)c2ccccc2)ccc1N1CN(CN2CN(c3ccc(N(c4ccccc4)c4ccccc4)cc3O)c3ccccc32)c2ccccc21. The van der Waals surface area contributed by atoms with Crippen LogP contribution in [0.15, 0.2) is 206 Å². The minimum atomic E-state index is 0.200. The molecule has 0 radical (unpaired) electrons. The number of benzene rings is 8. The van der Waals surface area contributed by atoms with Crippen molar-refractivity contribution in [2.45, 2.75) is 0 Å². The fraction of sp³-hybridized carbons (Fsp3) is 0.0588. The Balaban J connectivity index is 0.929. The van der Waals surface area contributed by atoms with E-state index in [1.165, 1.54) is 0 Å². The second kappa shape index (κ2) is 15.2. The molecule has 0 saturated carbocycles. The van der Waals surface area contributed by atoms with Crippen molar-refractivity contribution in [3.8, 4) is 11.5 Å². The number of nitrogens with zero attached hydrogens (tertiary/aromatic N) is 6. The van der Waals surface area contributed by atoms with Crippen LogP contribution in [0.4, 0.5) is 68.2 Å².